The van der Waals surface area contributed by atoms with Gasteiger partial charge in [0.2, 0.25) is 26.0 Å². The van der Waals surface area contributed by atoms with Crippen LogP contribution in [0.5, 0.6) is 0 Å². The SMILES string of the molecule is Cc1ccc(S(=O)(=O)N(CC(=O)Nc2ccc(S(=O)(=O)N3CCN(C)CC3)cc2)Cc2ccccc2Cl)cc1. The third-order valence-electron chi connectivity index (χ3n) is 6.52. The first kappa shape index (κ1) is 29.2. The molecule has 0 aliphatic carbocycles. The van der Waals surface area contributed by atoms with Gasteiger partial charge in [-0.1, -0.05) is 47.5 Å². The van der Waals surface area contributed by atoms with Crippen molar-refractivity contribution in [2.24, 2.45) is 0 Å². The number of hydrogen-bond donors (Lipinski definition) is 1. The molecule has 1 heterocycles. The lowest BCUT2D eigenvalue weighted by molar-refractivity contribution is -0.116. The summed E-state index contributed by atoms with van der Waals surface area (Å²) < 4.78 is 55.5. The van der Waals surface area contributed by atoms with Crippen LogP contribution in [0.15, 0.2) is 82.6 Å². The lowest BCUT2D eigenvalue weighted by Gasteiger charge is -2.31. The Balaban J connectivity index is 1.51. The number of nitrogens with one attached hydrogen (secondary N) is 1. The fraction of sp³-hybridized carbons (Fsp3) is 0.296. The lowest BCUT2D eigenvalue weighted by Crippen LogP contribution is -2.46. The van der Waals surface area contributed by atoms with Crippen LogP contribution in [-0.2, 0) is 31.4 Å². The second-order valence-corrected chi connectivity index (χ2v) is 13.7. The number of amides is 1. The molecule has 0 unspecified atom stereocenters. The number of likely N-dealkylation sites (N-methyl/N-ethyl adjacent to an activating group) is 1. The molecule has 3 aromatic carbocycles. The van der Waals surface area contributed by atoms with E-state index < -0.39 is 32.5 Å². The van der Waals surface area contributed by atoms with E-state index in [0.29, 0.717) is 42.5 Å². The Labute approximate surface area is 235 Å². The molecule has 0 radical (unpaired) electrons. The molecule has 12 heteroatoms. The van der Waals surface area contributed by atoms with Crippen LogP contribution in [0.3, 0.4) is 0 Å². The van der Waals surface area contributed by atoms with Gasteiger partial charge in [-0.3, -0.25) is 4.79 Å². The summed E-state index contributed by atoms with van der Waals surface area (Å²) in [5, 5.41) is 3.06. The molecular weight excluding hydrogens is 560 g/mol. The number of rotatable bonds is 9. The maximum Gasteiger partial charge on any atom is 0.243 e. The number of anilines is 1. The standard InChI is InChI=1S/C27H31ClN4O5S2/c1-21-7-11-24(12-8-21)39(36,37)32(19-22-5-3-4-6-26(22)28)20-27(33)29-23-9-13-25(14-10-23)38(34,35)31-17-15-30(2)16-18-31/h3-14H,15-20H2,1-2H3,(H,29,33). The zero-order chi connectivity index (χ0) is 28.2. The molecule has 1 aliphatic rings. The molecule has 4 rings (SSSR count). The summed E-state index contributed by atoms with van der Waals surface area (Å²) >= 11 is 6.29. The first-order valence-electron chi connectivity index (χ1n) is 12.4. The molecule has 0 atom stereocenters. The fourth-order valence-corrected chi connectivity index (χ4v) is 7.14. The molecular formula is C27H31ClN4O5S2. The van der Waals surface area contributed by atoms with E-state index in [9.17, 15) is 21.6 Å². The number of carbonyl (C=O) groups excluding carboxylic acids is 1. The van der Waals surface area contributed by atoms with Crippen LogP contribution < -0.4 is 5.32 Å². The van der Waals surface area contributed by atoms with Crippen molar-refractivity contribution in [3.05, 3.63) is 88.9 Å². The molecule has 0 spiro atoms. The first-order valence-corrected chi connectivity index (χ1v) is 15.6. The van der Waals surface area contributed by atoms with Crippen molar-refractivity contribution in [2.75, 3.05) is 45.1 Å². The van der Waals surface area contributed by atoms with Gasteiger partial charge < -0.3 is 10.2 Å². The van der Waals surface area contributed by atoms with Gasteiger partial charge in [0.25, 0.3) is 0 Å². The lowest BCUT2D eigenvalue weighted by atomic mass is 10.2. The molecule has 208 valence electrons. The molecule has 1 saturated heterocycles. The number of halogens is 1. The van der Waals surface area contributed by atoms with Crippen LogP contribution in [-0.4, -0.2) is 76.0 Å². The second kappa shape index (κ2) is 12.2. The zero-order valence-electron chi connectivity index (χ0n) is 21.7. The molecule has 1 amide bonds. The van der Waals surface area contributed by atoms with Crippen molar-refractivity contribution in [3.63, 3.8) is 0 Å². The molecule has 39 heavy (non-hydrogen) atoms. The Kier molecular flexibility index (Phi) is 9.10. The third-order valence-corrected chi connectivity index (χ3v) is 10.6. The van der Waals surface area contributed by atoms with Gasteiger partial charge in [0, 0.05) is 43.4 Å². The number of sulfonamides is 2. The highest BCUT2D eigenvalue weighted by atomic mass is 35.5. The Morgan fingerprint density at radius 3 is 2.08 bits per heavy atom. The van der Waals surface area contributed by atoms with E-state index in [-0.39, 0.29) is 16.3 Å². The fourth-order valence-electron chi connectivity index (χ4n) is 4.15. The summed E-state index contributed by atoms with van der Waals surface area (Å²) in [6.07, 6.45) is 0. The van der Waals surface area contributed by atoms with Gasteiger partial charge in [0.1, 0.15) is 0 Å². The Hall–Kier alpha value is -2.80. The number of aryl methyl sites for hydroxylation is 1. The van der Waals surface area contributed by atoms with Crippen LogP contribution in [0.1, 0.15) is 11.1 Å². The Bertz CT molecular complexity index is 1520. The highest BCUT2D eigenvalue weighted by Gasteiger charge is 2.29. The van der Waals surface area contributed by atoms with Crippen LogP contribution in [0, 0.1) is 6.92 Å². The summed E-state index contributed by atoms with van der Waals surface area (Å²) in [6.45, 7) is 3.41. The van der Waals surface area contributed by atoms with E-state index in [1.54, 1.807) is 36.4 Å². The van der Waals surface area contributed by atoms with Crippen LogP contribution in [0.25, 0.3) is 0 Å². The minimum Gasteiger partial charge on any atom is -0.325 e. The smallest absolute Gasteiger partial charge is 0.243 e. The van der Waals surface area contributed by atoms with E-state index >= 15 is 0 Å². The normalized spacial score (nSPS) is 15.4. The van der Waals surface area contributed by atoms with E-state index in [2.05, 4.69) is 10.2 Å². The van der Waals surface area contributed by atoms with Gasteiger partial charge >= 0.3 is 0 Å². The molecule has 9 nitrogen and oxygen atoms in total. The van der Waals surface area contributed by atoms with Crippen LogP contribution in [0.4, 0.5) is 5.69 Å². The summed E-state index contributed by atoms with van der Waals surface area (Å²) in [6, 6.07) is 19.1. The maximum absolute atomic E-state index is 13.5. The van der Waals surface area contributed by atoms with E-state index in [1.807, 2.05) is 14.0 Å². The minimum absolute atomic E-state index is 0.0615. The predicted octanol–water partition coefficient (Wildman–Crippen LogP) is 3.41. The predicted molar refractivity (Wildman–Crippen MR) is 152 cm³/mol. The van der Waals surface area contributed by atoms with Gasteiger partial charge in [-0.05, 0) is 62.0 Å². The minimum atomic E-state index is -4.04. The van der Waals surface area contributed by atoms with Crippen LogP contribution in [0.2, 0.25) is 5.02 Å². The first-order chi connectivity index (χ1) is 18.5. The van der Waals surface area contributed by atoms with Crippen molar-refractivity contribution < 1.29 is 21.6 Å². The van der Waals surface area contributed by atoms with Gasteiger partial charge in [0.15, 0.2) is 0 Å². The quantitative estimate of drug-likeness (QED) is 0.409. The molecule has 0 saturated carbocycles. The largest absolute Gasteiger partial charge is 0.325 e. The van der Waals surface area contributed by atoms with Crippen molar-refractivity contribution in [1.29, 1.82) is 0 Å². The highest BCUT2D eigenvalue weighted by molar-refractivity contribution is 7.89. The number of hydrogen-bond acceptors (Lipinski definition) is 6. The van der Waals surface area contributed by atoms with Crippen molar-refractivity contribution >= 4 is 43.2 Å². The second-order valence-electron chi connectivity index (χ2n) is 9.46. The maximum atomic E-state index is 13.5. The van der Waals surface area contributed by atoms with E-state index in [0.717, 1.165) is 9.87 Å². The van der Waals surface area contributed by atoms with Crippen molar-refractivity contribution in [3.8, 4) is 0 Å². The molecule has 0 aromatic heterocycles. The highest BCUT2D eigenvalue weighted by Crippen LogP contribution is 2.24. The van der Waals surface area contributed by atoms with E-state index in [4.69, 9.17) is 11.6 Å². The molecule has 1 N–H and O–H groups in total. The number of piperazine rings is 1. The topological polar surface area (TPSA) is 107 Å². The molecule has 0 bridgehead atoms. The monoisotopic (exact) mass is 590 g/mol. The molecule has 1 aliphatic heterocycles. The van der Waals surface area contributed by atoms with Gasteiger partial charge in [0.05, 0.1) is 16.3 Å². The number of carbonyl (C=O) groups is 1. The average molecular weight is 591 g/mol. The van der Waals surface area contributed by atoms with Crippen molar-refractivity contribution in [2.45, 2.75) is 23.3 Å². The van der Waals surface area contributed by atoms with Gasteiger partial charge in [-0.15, -0.1) is 0 Å². The summed E-state index contributed by atoms with van der Waals surface area (Å²) in [4.78, 5) is 15.3. The number of benzene rings is 3. The van der Waals surface area contributed by atoms with Crippen LogP contribution >= 0.6 is 11.6 Å². The third kappa shape index (κ3) is 7.05. The van der Waals surface area contributed by atoms with Crippen molar-refractivity contribution in [1.82, 2.24) is 13.5 Å². The number of nitrogens with zero attached hydrogens (tertiary/aromatic N) is 3. The van der Waals surface area contributed by atoms with Gasteiger partial charge in [-0.2, -0.15) is 8.61 Å². The molecule has 1 fully saturated rings. The van der Waals surface area contributed by atoms with Gasteiger partial charge in [-0.25, -0.2) is 16.8 Å². The summed E-state index contributed by atoms with van der Waals surface area (Å²) in [7, 11) is -5.74. The summed E-state index contributed by atoms with van der Waals surface area (Å²) in [5.74, 6) is -0.576. The summed E-state index contributed by atoms with van der Waals surface area (Å²) in [5.41, 5.74) is 1.81. The zero-order valence-corrected chi connectivity index (χ0v) is 24.1. The average Bonchev–Trinajstić information content (AvgIpc) is 2.90. The molecule has 3 aromatic rings. The van der Waals surface area contributed by atoms with E-state index in [1.165, 1.54) is 40.7 Å². The Morgan fingerprint density at radius 1 is 0.872 bits per heavy atom. The Morgan fingerprint density at radius 2 is 1.46 bits per heavy atom.